The maximum atomic E-state index is 12.2. The van der Waals surface area contributed by atoms with Crippen molar-refractivity contribution in [2.24, 2.45) is 5.92 Å². The van der Waals surface area contributed by atoms with Crippen LogP contribution in [0.3, 0.4) is 0 Å². The van der Waals surface area contributed by atoms with Crippen LogP contribution in [0.1, 0.15) is 57.7 Å². The summed E-state index contributed by atoms with van der Waals surface area (Å²) in [4.78, 5) is 20.4. The average molecular weight is 497 g/mol. The van der Waals surface area contributed by atoms with E-state index >= 15 is 0 Å². The molecule has 3 aromatic rings. The van der Waals surface area contributed by atoms with Gasteiger partial charge in [-0.25, -0.2) is 18.2 Å². The molecule has 0 radical (unpaired) electrons. The molecule has 7 nitrogen and oxygen atoms in total. The Morgan fingerprint density at radius 3 is 2.49 bits per heavy atom. The Labute approximate surface area is 206 Å². The van der Waals surface area contributed by atoms with E-state index in [1.165, 1.54) is 19.1 Å². The number of rotatable bonds is 8. The fraction of sp³-hybridized carbons (Fsp3) is 0.407. The molecule has 0 spiro atoms. The summed E-state index contributed by atoms with van der Waals surface area (Å²) in [6.45, 7) is 5.38. The van der Waals surface area contributed by atoms with Gasteiger partial charge in [0.15, 0.2) is 15.4 Å². The lowest BCUT2D eigenvalue weighted by Crippen LogP contribution is -2.39. The highest BCUT2D eigenvalue weighted by molar-refractivity contribution is 7.90. The molecule has 1 aliphatic carbocycles. The van der Waals surface area contributed by atoms with Gasteiger partial charge in [0.25, 0.3) is 0 Å². The predicted octanol–water partition coefficient (Wildman–Crippen LogP) is 5.31. The van der Waals surface area contributed by atoms with E-state index < -0.39 is 21.4 Å². The van der Waals surface area contributed by atoms with Gasteiger partial charge >= 0.3 is 5.97 Å². The molecule has 35 heavy (non-hydrogen) atoms. The van der Waals surface area contributed by atoms with E-state index in [0.29, 0.717) is 22.2 Å². The molecule has 0 aliphatic heterocycles. The number of carbonyl (C=O) groups is 1. The van der Waals surface area contributed by atoms with E-state index in [-0.39, 0.29) is 6.61 Å². The third-order valence-corrected chi connectivity index (χ3v) is 7.40. The largest absolute Gasteiger partial charge is 0.475 e. The minimum absolute atomic E-state index is 0.283. The highest BCUT2D eigenvalue weighted by Gasteiger charge is 2.31. The Balaban J connectivity index is 1.69. The topological polar surface area (TPSA) is 98.3 Å². The summed E-state index contributed by atoms with van der Waals surface area (Å²) in [6.07, 6.45) is 9.80. The van der Waals surface area contributed by atoms with Gasteiger partial charge in [-0.05, 0) is 69.4 Å². The number of nitrogens with zero attached hydrogens (tertiary/aromatic N) is 1. The fourth-order valence-corrected chi connectivity index (χ4v) is 5.05. The molecule has 0 saturated heterocycles. The zero-order chi connectivity index (χ0) is 25.2. The molecule has 1 saturated carbocycles. The SMILES string of the molecule is CCOC(=O)C(C)(C)Oc1cnc2[nH]c(C(=CC3CCCC3)c3ccc(S(C)(=O)=O)cc3)cc2c1. The number of hydrogen-bond acceptors (Lipinski definition) is 6. The highest BCUT2D eigenvalue weighted by atomic mass is 32.2. The maximum absolute atomic E-state index is 12.2. The number of aromatic amines is 1. The van der Waals surface area contributed by atoms with Gasteiger partial charge in [0.1, 0.15) is 11.4 Å². The first kappa shape index (κ1) is 25.0. The summed E-state index contributed by atoms with van der Waals surface area (Å²) in [7, 11) is -3.27. The lowest BCUT2D eigenvalue weighted by molar-refractivity contribution is -0.158. The number of allylic oxidation sites excluding steroid dienone is 1. The molecular formula is C27H32N2O5S. The van der Waals surface area contributed by atoms with Crippen LogP contribution in [0.15, 0.2) is 53.6 Å². The summed E-state index contributed by atoms with van der Waals surface area (Å²) < 4.78 is 34.9. The second-order valence-electron chi connectivity index (χ2n) is 9.55. The first-order chi connectivity index (χ1) is 16.6. The van der Waals surface area contributed by atoms with E-state index in [1.54, 1.807) is 39.1 Å². The van der Waals surface area contributed by atoms with Crippen molar-refractivity contribution in [2.45, 2.75) is 57.0 Å². The molecule has 0 unspecified atom stereocenters. The van der Waals surface area contributed by atoms with Crippen molar-refractivity contribution < 1.29 is 22.7 Å². The summed E-state index contributed by atoms with van der Waals surface area (Å²) in [5, 5.41) is 0.849. The van der Waals surface area contributed by atoms with Gasteiger partial charge in [0, 0.05) is 22.9 Å². The van der Waals surface area contributed by atoms with Crippen LogP contribution in [-0.2, 0) is 19.4 Å². The molecule has 1 fully saturated rings. The summed E-state index contributed by atoms with van der Waals surface area (Å²) >= 11 is 0. The van der Waals surface area contributed by atoms with Gasteiger partial charge < -0.3 is 14.5 Å². The molecule has 1 N–H and O–H groups in total. The lowest BCUT2D eigenvalue weighted by Gasteiger charge is -2.23. The van der Waals surface area contributed by atoms with Crippen molar-refractivity contribution >= 4 is 32.4 Å². The van der Waals surface area contributed by atoms with Crippen LogP contribution in [0.5, 0.6) is 5.75 Å². The number of H-pyrrole nitrogens is 1. The number of fused-ring (bicyclic) bond motifs is 1. The molecular weight excluding hydrogens is 464 g/mol. The number of nitrogens with one attached hydrogen (secondary N) is 1. The van der Waals surface area contributed by atoms with Gasteiger partial charge in [-0.1, -0.05) is 31.1 Å². The highest BCUT2D eigenvalue weighted by Crippen LogP contribution is 2.34. The lowest BCUT2D eigenvalue weighted by atomic mass is 9.96. The number of esters is 1. The third kappa shape index (κ3) is 5.75. The number of carbonyl (C=O) groups excluding carboxylic acids is 1. The quantitative estimate of drug-likeness (QED) is 0.425. The molecule has 0 amide bonds. The van der Waals surface area contributed by atoms with Crippen LogP contribution in [0, 0.1) is 5.92 Å². The van der Waals surface area contributed by atoms with Crippen molar-refractivity contribution in [3.8, 4) is 5.75 Å². The van der Waals surface area contributed by atoms with Gasteiger partial charge in [0.05, 0.1) is 17.7 Å². The van der Waals surface area contributed by atoms with Crippen LogP contribution in [0.4, 0.5) is 0 Å². The Kier molecular flexibility index (Phi) is 7.03. The van der Waals surface area contributed by atoms with E-state index in [9.17, 15) is 13.2 Å². The van der Waals surface area contributed by atoms with Crippen molar-refractivity contribution in [2.75, 3.05) is 12.9 Å². The Bertz CT molecular complexity index is 1350. The zero-order valence-corrected chi connectivity index (χ0v) is 21.4. The number of sulfone groups is 1. The Morgan fingerprint density at radius 1 is 1.17 bits per heavy atom. The van der Waals surface area contributed by atoms with Crippen molar-refractivity contribution in [3.05, 3.63) is 59.9 Å². The van der Waals surface area contributed by atoms with Crippen molar-refractivity contribution in [1.29, 1.82) is 0 Å². The summed E-state index contributed by atoms with van der Waals surface area (Å²) in [6, 6.07) is 10.9. The normalized spacial score (nSPS) is 15.5. The molecule has 2 heterocycles. The van der Waals surface area contributed by atoms with Crippen molar-refractivity contribution in [3.63, 3.8) is 0 Å². The molecule has 0 atom stereocenters. The summed E-state index contributed by atoms with van der Waals surface area (Å²) in [5.41, 5.74) is 2.42. The van der Waals surface area contributed by atoms with Gasteiger partial charge in [-0.3, -0.25) is 0 Å². The third-order valence-electron chi connectivity index (χ3n) is 6.27. The molecule has 2 aromatic heterocycles. The van der Waals surface area contributed by atoms with E-state index in [1.807, 2.05) is 24.3 Å². The standard InChI is InChI=1S/C27H32N2O5S/c1-5-33-26(30)27(2,3)34-21-15-20-16-24(29-25(20)28-17-21)23(14-18-8-6-7-9-18)19-10-12-22(13-11-19)35(4,31)32/h10-18H,5-9H2,1-4H3,(H,28,29). The predicted molar refractivity (Wildman–Crippen MR) is 136 cm³/mol. The number of benzene rings is 1. The molecule has 1 aromatic carbocycles. The zero-order valence-electron chi connectivity index (χ0n) is 20.6. The minimum atomic E-state index is -3.27. The number of pyridine rings is 1. The summed E-state index contributed by atoms with van der Waals surface area (Å²) in [5.74, 6) is 0.511. The minimum Gasteiger partial charge on any atom is -0.475 e. The number of ether oxygens (including phenoxy) is 2. The van der Waals surface area contributed by atoms with Crippen LogP contribution in [0.25, 0.3) is 16.6 Å². The van der Waals surface area contributed by atoms with Gasteiger partial charge in [-0.15, -0.1) is 0 Å². The number of aromatic nitrogens is 2. The molecule has 8 heteroatoms. The maximum Gasteiger partial charge on any atom is 0.349 e. The van der Waals surface area contributed by atoms with Gasteiger partial charge in [0.2, 0.25) is 0 Å². The Morgan fingerprint density at radius 2 is 1.86 bits per heavy atom. The van der Waals surface area contributed by atoms with Crippen LogP contribution >= 0.6 is 0 Å². The van der Waals surface area contributed by atoms with Crippen LogP contribution in [0.2, 0.25) is 0 Å². The molecule has 0 bridgehead atoms. The first-order valence-electron chi connectivity index (χ1n) is 11.9. The van der Waals surface area contributed by atoms with Gasteiger partial charge in [-0.2, -0.15) is 0 Å². The molecule has 186 valence electrons. The smallest absolute Gasteiger partial charge is 0.349 e. The number of hydrogen-bond donors (Lipinski definition) is 1. The van der Waals surface area contributed by atoms with Crippen LogP contribution in [-0.4, -0.2) is 42.8 Å². The van der Waals surface area contributed by atoms with E-state index in [0.717, 1.165) is 35.1 Å². The second kappa shape index (κ2) is 9.85. The second-order valence-corrected chi connectivity index (χ2v) is 11.6. The van der Waals surface area contributed by atoms with E-state index in [2.05, 4.69) is 16.0 Å². The average Bonchev–Trinajstić information content (AvgIpc) is 3.46. The first-order valence-corrected chi connectivity index (χ1v) is 13.8. The van der Waals surface area contributed by atoms with Crippen molar-refractivity contribution in [1.82, 2.24) is 9.97 Å². The van der Waals surface area contributed by atoms with E-state index in [4.69, 9.17) is 9.47 Å². The Hall–Kier alpha value is -3.13. The molecule has 4 rings (SSSR count). The fourth-order valence-electron chi connectivity index (χ4n) is 4.42. The molecule has 1 aliphatic rings. The van der Waals surface area contributed by atoms with Crippen LogP contribution < -0.4 is 4.74 Å². The monoisotopic (exact) mass is 496 g/mol.